The predicted molar refractivity (Wildman–Crippen MR) is 87.6 cm³/mol. The molecule has 1 amide bonds. The van der Waals surface area contributed by atoms with Crippen LogP contribution in [0, 0.1) is 0 Å². The van der Waals surface area contributed by atoms with Crippen LogP contribution in [0.1, 0.15) is 25.0 Å². The Morgan fingerprint density at radius 2 is 1.82 bits per heavy atom. The maximum atomic E-state index is 11.9. The topological polar surface area (TPSA) is 55.8 Å². The Labute approximate surface area is 132 Å². The average molecular weight is 305 g/mol. The molecule has 1 aliphatic heterocycles. The molecular formula is C17H27N3O2. The van der Waals surface area contributed by atoms with Crippen LogP contribution < -0.4 is 5.32 Å². The fourth-order valence-corrected chi connectivity index (χ4v) is 2.71. The average Bonchev–Trinajstić information content (AvgIpc) is 2.56. The Kier molecular flexibility index (Phi) is 6.83. The molecule has 0 saturated carbocycles. The zero-order valence-corrected chi connectivity index (χ0v) is 13.4. The van der Waals surface area contributed by atoms with Gasteiger partial charge < -0.3 is 15.3 Å². The zero-order chi connectivity index (χ0) is 15.8. The summed E-state index contributed by atoms with van der Waals surface area (Å²) >= 11 is 0. The van der Waals surface area contributed by atoms with E-state index in [-0.39, 0.29) is 5.91 Å². The lowest BCUT2D eigenvalue weighted by molar-refractivity contribution is -0.122. The van der Waals surface area contributed by atoms with Gasteiger partial charge in [-0.25, -0.2) is 0 Å². The summed E-state index contributed by atoms with van der Waals surface area (Å²) in [6.07, 6.45) is 0.0221. The molecule has 1 heterocycles. The molecule has 0 aliphatic carbocycles. The molecule has 0 aromatic heterocycles. The van der Waals surface area contributed by atoms with Gasteiger partial charge in [0.15, 0.2) is 0 Å². The number of carbonyl (C=O) groups is 1. The van der Waals surface area contributed by atoms with E-state index in [0.29, 0.717) is 19.5 Å². The lowest BCUT2D eigenvalue weighted by atomic mass is 10.1. The molecule has 1 atom stereocenters. The normalized spacial score (nSPS) is 18.1. The van der Waals surface area contributed by atoms with Gasteiger partial charge in [-0.15, -0.1) is 0 Å². The van der Waals surface area contributed by atoms with Gasteiger partial charge in [-0.05, 0) is 18.5 Å². The first-order chi connectivity index (χ1) is 10.7. The summed E-state index contributed by atoms with van der Waals surface area (Å²) in [4.78, 5) is 16.5. The number of nitrogens with one attached hydrogen (secondary N) is 1. The zero-order valence-electron chi connectivity index (χ0n) is 13.4. The number of carbonyl (C=O) groups excluding carboxylic acids is 1. The molecule has 122 valence electrons. The van der Waals surface area contributed by atoms with Crippen molar-refractivity contribution in [3.05, 3.63) is 35.9 Å². The van der Waals surface area contributed by atoms with Crippen LogP contribution in [0.25, 0.3) is 0 Å². The summed E-state index contributed by atoms with van der Waals surface area (Å²) in [5, 5.41) is 12.9. The van der Waals surface area contributed by atoms with Gasteiger partial charge in [0.1, 0.15) is 0 Å². The van der Waals surface area contributed by atoms with Crippen LogP contribution in [-0.2, 0) is 4.79 Å². The highest BCUT2D eigenvalue weighted by molar-refractivity contribution is 5.77. The van der Waals surface area contributed by atoms with Gasteiger partial charge >= 0.3 is 0 Å². The van der Waals surface area contributed by atoms with Gasteiger partial charge in [0.2, 0.25) is 5.91 Å². The van der Waals surface area contributed by atoms with Crippen molar-refractivity contribution in [1.29, 1.82) is 0 Å². The number of likely N-dealkylation sites (N-methyl/N-ethyl adjacent to an activating group) is 1. The third kappa shape index (κ3) is 5.40. The van der Waals surface area contributed by atoms with Gasteiger partial charge in [0.05, 0.1) is 12.6 Å². The highest BCUT2D eigenvalue weighted by Gasteiger charge is 2.17. The van der Waals surface area contributed by atoms with E-state index < -0.39 is 6.10 Å². The molecule has 5 heteroatoms. The standard InChI is InChI=1S/C17H27N3O2/c1-2-19-10-12-20(13-11-19)14-17(22)18-9-8-16(21)15-6-4-3-5-7-15/h3-7,16,21H,2,8-14H2,1H3,(H,18,22). The minimum absolute atomic E-state index is 0.0465. The first kappa shape index (κ1) is 16.9. The molecule has 1 unspecified atom stereocenters. The van der Waals surface area contributed by atoms with Crippen molar-refractivity contribution in [2.45, 2.75) is 19.4 Å². The molecule has 1 aliphatic rings. The van der Waals surface area contributed by atoms with Gasteiger partial charge in [-0.3, -0.25) is 9.69 Å². The number of rotatable bonds is 7. The lowest BCUT2D eigenvalue weighted by Gasteiger charge is -2.33. The van der Waals surface area contributed by atoms with Crippen molar-refractivity contribution in [2.75, 3.05) is 45.8 Å². The molecule has 0 spiro atoms. The van der Waals surface area contributed by atoms with Gasteiger partial charge in [0.25, 0.3) is 0 Å². The molecule has 1 fully saturated rings. The molecule has 1 aromatic carbocycles. The van der Waals surface area contributed by atoms with Crippen LogP contribution in [-0.4, -0.2) is 66.6 Å². The van der Waals surface area contributed by atoms with Crippen molar-refractivity contribution in [3.63, 3.8) is 0 Å². The number of aliphatic hydroxyl groups is 1. The molecule has 1 aromatic rings. The van der Waals surface area contributed by atoms with E-state index in [1.165, 1.54) is 0 Å². The molecular weight excluding hydrogens is 278 g/mol. The first-order valence-electron chi connectivity index (χ1n) is 8.13. The number of amides is 1. The molecule has 0 radical (unpaired) electrons. The maximum absolute atomic E-state index is 11.9. The largest absolute Gasteiger partial charge is 0.388 e. The monoisotopic (exact) mass is 305 g/mol. The minimum atomic E-state index is -0.519. The number of benzene rings is 1. The Morgan fingerprint density at radius 3 is 2.45 bits per heavy atom. The van der Waals surface area contributed by atoms with E-state index in [1.807, 2.05) is 30.3 Å². The summed E-state index contributed by atoms with van der Waals surface area (Å²) in [5.74, 6) is 0.0465. The molecule has 1 saturated heterocycles. The van der Waals surface area contributed by atoms with E-state index in [0.717, 1.165) is 38.3 Å². The summed E-state index contributed by atoms with van der Waals surface area (Å²) in [6.45, 7) is 8.19. The Morgan fingerprint density at radius 1 is 1.18 bits per heavy atom. The van der Waals surface area contributed by atoms with Crippen molar-refractivity contribution >= 4 is 5.91 Å². The SMILES string of the molecule is CCN1CCN(CC(=O)NCCC(O)c2ccccc2)CC1. The summed E-state index contributed by atoms with van der Waals surface area (Å²) in [6, 6.07) is 9.55. The highest BCUT2D eigenvalue weighted by atomic mass is 16.3. The number of hydrogen-bond donors (Lipinski definition) is 2. The van der Waals surface area contributed by atoms with Gasteiger partial charge in [0, 0.05) is 32.7 Å². The predicted octanol–water partition coefficient (Wildman–Crippen LogP) is 0.864. The Balaban J connectivity index is 1.62. The van der Waals surface area contributed by atoms with Gasteiger partial charge in [-0.2, -0.15) is 0 Å². The van der Waals surface area contributed by atoms with Crippen LogP contribution in [0.2, 0.25) is 0 Å². The Hall–Kier alpha value is -1.43. The van der Waals surface area contributed by atoms with Crippen LogP contribution in [0.3, 0.4) is 0 Å². The quantitative estimate of drug-likeness (QED) is 0.785. The second-order valence-corrected chi connectivity index (χ2v) is 5.78. The first-order valence-corrected chi connectivity index (χ1v) is 8.13. The number of hydrogen-bond acceptors (Lipinski definition) is 4. The Bertz CT molecular complexity index is 444. The smallest absolute Gasteiger partial charge is 0.234 e. The lowest BCUT2D eigenvalue weighted by Crippen LogP contribution is -2.49. The van der Waals surface area contributed by atoms with Crippen LogP contribution in [0.15, 0.2) is 30.3 Å². The second-order valence-electron chi connectivity index (χ2n) is 5.78. The van der Waals surface area contributed by atoms with Crippen LogP contribution in [0.4, 0.5) is 0 Å². The maximum Gasteiger partial charge on any atom is 0.234 e. The van der Waals surface area contributed by atoms with E-state index in [9.17, 15) is 9.90 Å². The number of piperazine rings is 1. The molecule has 2 N–H and O–H groups in total. The van der Waals surface area contributed by atoms with E-state index in [1.54, 1.807) is 0 Å². The highest BCUT2D eigenvalue weighted by Crippen LogP contribution is 2.14. The molecule has 22 heavy (non-hydrogen) atoms. The summed E-state index contributed by atoms with van der Waals surface area (Å²) in [7, 11) is 0. The van der Waals surface area contributed by atoms with E-state index in [4.69, 9.17) is 0 Å². The van der Waals surface area contributed by atoms with Crippen LogP contribution in [0.5, 0.6) is 0 Å². The van der Waals surface area contributed by atoms with Gasteiger partial charge in [-0.1, -0.05) is 37.3 Å². The number of aliphatic hydroxyl groups excluding tert-OH is 1. The van der Waals surface area contributed by atoms with Crippen molar-refractivity contribution in [2.24, 2.45) is 0 Å². The van der Waals surface area contributed by atoms with E-state index in [2.05, 4.69) is 22.0 Å². The molecule has 5 nitrogen and oxygen atoms in total. The van der Waals surface area contributed by atoms with Crippen molar-refractivity contribution in [1.82, 2.24) is 15.1 Å². The third-order valence-electron chi connectivity index (χ3n) is 4.20. The minimum Gasteiger partial charge on any atom is -0.388 e. The van der Waals surface area contributed by atoms with E-state index >= 15 is 0 Å². The third-order valence-corrected chi connectivity index (χ3v) is 4.20. The van der Waals surface area contributed by atoms with Crippen molar-refractivity contribution in [3.8, 4) is 0 Å². The number of nitrogens with zero attached hydrogens (tertiary/aromatic N) is 2. The fourth-order valence-electron chi connectivity index (χ4n) is 2.71. The summed E-state index contributed by atoms with van der Waals surface area (Å²) < 4.78 is 0. The fraction of sp³-hybridized carbons (Fsp3) is 0.588. The second kappa shape index (κ2) is 8.88. The molecule has 2 rings (SSSR count). The van der Waals surface area contributed by atoms with Crippen molar-refractivity contribution < 1.29 is 9.90 Å². The summed E-state index contributed by atoms with van der Waals surface area (Å²) in [5.41, 5.74) is 0.896. The molecule has 0 bridgehead atoms. The van der Waals surface area contributed by atoms with Crippen LogP contribution >= 0.6 is 0 Å².